The van der Waals surface area contributed by atoms with Crippen molar-refractivity contribution in [3.05, 3.63) is 58.1 Å². The lowest BCUT2D eigenvalue weighted by atomic mass is 9.66. The van der Waals surface area contributed by atoms with Gasteiger partial charge in [-0.05, 0) is 123 Å². The molecule has 1 spiro atoms. The number of carbonyl (C=O) groups is 3. The Morgan fingerprint density at radius 2 is 1.86 bits per heavy atom. The van der Waals surface area contributed by atoms with Gasteiger partial charge >= 0.3 is 11.9 Å². The number of benzene rings is 2. The van der Waals surface area contributed by atoms with E-state index < -0.39 is 50.7 Å². The summed E-state index contributed by atoms with van der Waals surface area (Å²) in [5, 5.41) is 11.9. The molecule has 2 aromatic rings. The number of amides is 1. The fourth-order valence-corrected chi connectivity index (χ4v) is 10.5. The Labute approximate surface area is 300 Å². The van der Waals surface area contributed by atoms with E-state index in [4.69, 9.17) is 25.8 Å². The summed E-state index contributed by atoms with van der Waals surface area (Å²) in [5.41, 5.74) is 3.22. The van der Waals surface area contributed by atoms with Crippen LogP contribution in [0.4, 0.5) is 5.69 Å². The molecule has 50 heavy (non-hydrogen) atoms. The minimum atomic E-state index is -3.21. The van der Waals surface area contributed by atoms with Gasteiger partial charge in [-0.3, -0.25) is 19.1 Å². The molecule has 2 heterocycles. The van der Waals surface area contributed by atoms with E-state index in [0.29, 0.717) is 36.0 Å². The van der Waals surface area contributed by atoms with Crippen LogP contribution in [-0.4, -0.2) is 78.3 Å². The van der Waals surface area contributed by atoms with Crippen molar-refractivity contribution in [1.82, 2.24) is 4.72 Å². The van der Waals surface area contributed by atoms with Crippen LogP contribution in [-0.2, 0) is 40.6 Å². The first kappa shape index (κ1) is 36.5. The van der Waals surface area contributed by atoms with Gasteiger partial charge in [-0.2, -0.15) is 0 Å². The fraction of sp³-hybridized carbons (Fsp3) is 0.579. The molecule has 0 saturated heterocycles. The van der Waals surface area contributed by atoms with Gasteiger partial charge in [-0.15, -0.1) is 0 Å². The highest BCUT2D eigenvalue weighted by Gasteiger charge is 2.46. The molecule has 1 amide bonds. The zero-order chi connectivity index (χ0) is 36.0. The summed E-state index contributed by atoms with van der Waals surface area (Å²) in [4.78, 5) is 42.2. The molecule has 12 heteroatoms. The van der Waals surface area contributed by atoms with Crippen molar-refractivity contribution in [2.24, 2.45) is 29.6 Å². The fourth-order valence-electron chi connectivity index (χ4n) is 8.81. The number of hydrogen-bond acceptors (Lipinski definition) is 9. The molecule has 4 aliphatic rings. The maximum absolute atomic E-state index is 14.1. The second kappa shape index (κ2) is 14.4. The molecular weight excluding hydrogens is 680 g/mol. The Morgan fingerprint density at radius 1 is 1.12 bits per heavy atom. The van der Waals surface area contributed by atoms with Gasteiger partial charge in [-0.25, -0.2) is 4.21 Å². The largest absolute Gasteiger partial charge is 0.490 e. The maximum Gasteiger partial charge on any atom is 0.320 e. The number of ether oxygens (including phenoxy) is 3. The molecule has 0 aromatic heterocycles. The molecule has 0 radical (unpaired) electrons. The second-order valence-corrected chi connectivity index (χ2v) is 17.8. The summed E-state index contributed by atoms with van der Waals surface area (Å²) in [6, 6.07) is 11.4. The third kappa shape index (κ3) is 6.97. The summed E-state index contributed by atoms with van der Waals surface area (Å²) < 4.78 is 33.4. The van der Waals surface area contributed by atoms with Crippen LogP contribution in [0.5, 0.6) is 5.75 Å². The first-order valence-corrected chi connectivity index (χ1v) is 19.8. The number of nitrogens with one attached hydrogen (secondary N) is 1. The van der Waals surface area contributed by atoms with Gasteiger partial charge in [0, 0.05) is 34.3 Å². The normalized spacial score (nSPS) is 32.8. The third-order valence-corrected chi connectivity index (χ3v) is 14.4. The van der Waals surface area contributed by atoms with Crippen molar-refractivity contribution in [2.75, 3.05) is 38.8 Å². The quantitative estimate of drug-likeness (QED) is 0.256. The van der Waals surface area contributed by atoms with Crippen molar-refractivity contribution in [2.45, 2.75) is 75.6 Å². The smallest absolute Gasteiger partial charge is 0.320 e. The van der Waals surface area contributed by atoms with Crippen molar-refractivity contribution < 1.29 is 37.9 Å². The van der Waals surface area contributed by atoms with E-state index in [0.717, 1.165) is 37.8 Å². The molecule has 2 aliphatic carbocycles. The zero-order valence-corrected chi connectivity index (χ0v) is 30.9. The molecule has 2 N–H and O–H groups in total. The molecule has 2 bridgehead atoms. The van der Waals surface area contributed by atoms with Crippen molar-refractivity contribution in [3.8, 4) is 5.75 Å². The van der Waals surface area contributed by atoms with Gasteiger partial charge < -0.3 is 24.2 Å². The molecule has 272 valence electrons. The molecule has 1 unspecified atom stereocenters. The van der Waals surface area contributed by atoms with Gasteiger partial charge in [-0.1, -0.05) is 24.6 Å². The molecule has 6 rings (SSSR count). The molecule has 8 atom stereocenters. The summed E-state index contributed by atoms with van der Waals surface area (Å²) in [7, 11) is -0.772. The van der Waals surface area contributed by atoms with Gasteiger partial charge in [0.25, 0.3) is 5.91 Å². The first-order chi connectivity index (χ1) is 23.8. The SMILES string of the molecule is C=S1(=O)NC(=O)c2ccc3c(c2)N(C[C@@H]2CC[C@H]2[C@H](O)C[C@H](C(C(=O)OC)C(=O)OC)C[C@H](C)[C@H]1C)C[C@@]1(CCCc2cc(Cl)ccc21)CO3. The van der Waals surface area contributed by atoms with Gasteiger partial charge in [0.15, 0.2) is 5.92 Å². The highest BCUT2D eigenvalue weighted by atomic mass is 35.5. The highest BCUT2D eigenvalue weighted by Crippen LogP contribution is 2.47. The number of carbonyl (C=O) groups excluding carboxylic acids is 3. The number of fused-ring (bicyclic) bond motifs is 4. The minimum Gasteiger partial charge on any atom is -0.490 e. The average molecular weight is 729 g/mol. The molecule has 2 aliphatic heterocycles. The monoisotopic (exact) mass is 728 g/mol. The lowest BCUT2D eigenvalue weighted by molar-refractivity contribution is -0.162. The topological polar surface area (TPSA) is 131 Å². The number of aliphatic hydroxyl groups is 1. The van der Waals surface area contributed by atoms with Crippen LogP contribution in [0.25, 0.3) is 0 Å². The van der Waals surface area contributed by atoms with Crippen LogP contribution in [0.15, 0.2) is 36.4 Å². The molecule has 2 aromatic carbocycles. The lowest BCUT2D eigenvalue weighted by Gasteiger charge is -2.46. The number of anilines is 1. The molecular formula is C38H49ClN2O8S. The summed E-state index contributed by atoms with van der Waals surface area (Å²) in [5.74, 6) is 0.343. The van der Waals surface area contributed by atoms with Crippen LogP contribution in [0.2, 0.25) is 5.02 Å². The zero-order valence-electron chi connectivity index (χ0n) is 29.3. The predicted octanol–water partition coefficient (Wildman–Crippen LogP) is 4.96. The number of hydrogen-bond donors (Lipinski definition) is 2. The standard InChI is InChI=1S/C38H49ClN2O8S/c1-22-15-27(34(36(44)47-3)37(45)48-4)18-32(42)29-11-8-26(29)19-41-20-38(14-6-7-24-16-28(39)10-12-30(24)38)21-49-33-13-9-25(17-31(33)41)35(43)40-50(5,46)23(22)2/h9-10,12-13,16-17,22-23,26-27,29,32,34,42H,5-8,11,14-15,18-21H2,1-4H3,(H,40,43,46)/t22-,23+,26-,27+,29+,32+,38-,50?/m0/s1. The first-order valence-electron chi connectivity index (χ1n) is 17.6. The number of nitrogens with zero attached hydrogens (tertiary/aromatic N) is 1. The third-order valence-electron chi connectivity index (χ3n) is 12.0. The van der Waals surface area contributed by atoms with E-state index in [1.165, 1.54) is 25.3 Å². The Hall–Kier alpha value is -3.28. The van der Waals surface area contributed by atoms with Crippen LogP contribution in [0, 0.1) is 29.6 Å². The summed E-state index contributed by atoms with van der Waals surface area (Å²) in [6.45, 7) is 5.29. The van der Waals surface area contributed by atoms with Crippen molar-refractivity contribution >= 4 is 50.7 Å². The molecule has 1 saturated carbocycles. The predicted molar refractivity (Wildman–Crippen MR) is 194 cm³/mol. The van der Waals surface area contributed by atoms with Crippen LogP contribution < -0.4 is 14.4 Å². The molecule has 1 fully saturated rings. The number of esters is 2. The van der Waals surface area contributed by atoms with E-state index in [9.17, 15) is 23.7 Å². The average Bonchev–Trinajstić information content (AvgIpc) is 3.22. The van der Waals surface area contributed by atoms with Crippen LogP contribution in [0.1, 0.15) is 73.9 Å². The van der Waals surface area contributed by atoms with Crippen LogP contribution >= 0.6 is 11.6 Å². The maximum atomic E-state index is 14.1. The Kier molecular flexibility index (Phi) is 10.5. The van der Waals surface area contributed by atoms with Gasteiger partial charge in [0.1, 0.15) is 5.75 Å². The Morgan fingerprint density at radius 3 is 2.54 bits per heavy atom. The molecule has 10 nitrogen and oxygen atoms in total. The Bertz CT molecular complexity index is 1730. The van der Waals surface area contributed by atoms with E-state index >= 15 is 0 Å². The number of halogens is 1. The van der Waals surface area contributed by atoms with Gasteiger partial charge in [0.05, 0.1) is 42.3 Å². The number of aryl methyl sites for hydroxylation is 1. The van der Waals surface area contributed by atoms with Crippen molar-refractivity contribution in [3.63, 3.8) is 0 Å². The van der Waals surface area contributed by atoms with E-state index in [-0.39, 0.29) is 36.0 Å². The summed E-state index contributed by atoms with van der Waals surface area (Å²) >= 11 is 6.43. The van der Waals surface area contributed by atoms with E-state index in [1.807, 2.05) is 25.1 Å². The van der Waals surface area contributed by atoms with Crippen molar-refractivity contribution in [1.29, 1.82) is 0 Å². The number of aliphatic hydroxyl groups excluding tert-OH is 1. The minimum absolute atomic E-state index is 0.0846. The Balaban J connectivity index is 1.42. The summed E-state index contributed by atoms with van der Waals surface area (Å²) in [6.07, 6.45) is 4.12. The van der Waals surface area contributed by atoms with Crippen LogP contribution in [0.3, 0.4) is 0 Å². The second-order valence-electron chi connectivity index (χ2n) is 15.0. The lowest BCUT2D eigenvalue weighted by Crippen LogP contribution is -2.50. The van der Waals surface area contributed by atoms with E-state index in [2.05, 4.69) is 27.6 Å². The number of methoxy groups -OCH3 is 2. The highest BCUT2D eigenvalue weighted by molar-refractivity contribution is 7.99. The van der Waals surface area contributed by atoms with Gasteiger partial charge in [0.2, 0.25) is 0 Å². The number of rotatable bonds is 3. The van der Waals surface area contributed by atoms with E-state index in [1.54, 1.807) is 13.0 Å².